The van der Waals surface area contributed by atoms with Gasteiger partial charge < -0.3 is 15.8 Å². The van der Waals surface area contributed by atoms with Crippen LogP contribution < -0.4 is 15.8 Å². The van der Waals surface area contributed by atoms with Gasteiger partial charge >= 0.3 is 0 Å². The number of nitrogens with two attached hydrogens (primary N) is 1. The molecule has 0 aliphatic rings. The van der Waals surface area contributed by atoms with Crippen LogP contribution in [0.1, 0.15) is 0 Å². The van der Waals surface area contributed by atoms with E-state index in [0.29, 0.717) is 17.1 Å². The number of tetrazole rings is 1. The fourth-order valence-electron chi connectivity index (χ4n) is 1.36. The number of anilines is 2. The van der Waals surface area contributed by atoms with Gasteiger partial charge in [-0.05, 0) is 22.6 Å². The zero-order valence-electron chi connectivity index (χ0n) is 9.70. The predicted molar refractivity (Wildman–Crippen MR) is 63.9 cm³/mol. The average molecular weight is 248 g/mol. The van der Waals surface area contributed by atoms with Crippen LogP contribution in [0, 0.1) is 0 Å². The summed E-state index contributed by atoms with van der Waals surface area (Å²) in [6.07, 6.45) is 1.36. The van der Waals surface area contributed by atoms with Gasteiger partial charge in [-0.1, -0.05) is 0 Å². The molecule has 1 aromatic carbocycles. The molecule has 0 spiro atoms. The standard InChI is InChI=1S/C10H12N6O2/c1-18-7-2-3-8(11)9(4-7)13-10(17)5-16-6-12-14-15-16/h2-4,6H,5,11H2,1H3,(H,13,17). The van der Waals surface area contributed by atoms with Gasteiger partial charge in [-0.3, -0.25) is 4.79 Å². The van der Waals surface area contributed by atoms with Crippen LogP contribution in [0.25, 0.3) is 0 Å². The molecule has 94 valence electrons. The van der Waals surface area contributed by atoms with Gasteiger partial charge in [-0.25, -0.2) is 4.68 Å². The van der Waals surface area contributed by atoms with Crippen LogP contribution in [-0.2, 0) is 11.3 Å². The number of benzene rings is 1. The maximum Gasteiger partial charge on any atom is 0.246 e. The van der Waals surface area contributed by atoms with E-state index < -0.39 is 0 Å². The molecular formula is C10H12N6O2. The smallest absolute Gasteiger partial charge is 0.246 e. The van der Waals surface area contributed by atoms with Crippen molar-refractivity contribution in [3.05, 3.63) is 24.5 Å². The highest BCUT2D eigenvalue weighted by atomic mass is 16.5. The third kappa shape index (κ3) is 2.73. The Morgan fingerprint density at radius 2 is 2.39 bits per heavy atom. The molecule has 0 unspecified atom stereocenters. The molecule has 8 heteroatoms. The topological polar surface area (TPSA) is 108 Å². The molecule has 1 aromatic heterocycles. The van der Waals surface area contributed by atoms with Gasteiger partial charge in [0.2, 0.25) is 5.91 Å². The molecule has 0 saturated carbocycles. The first kappa shape index (κ1) is 11.8. The first-order valence-electron chi connectivity index (χ1n) is 5.13. The number of nitrogen functional groups attached to an aromatic ring is 1. The van der Waals surface area contributed by atoms with E-state index in [1.54, 1.807) is 18.2 Å². The van der Waals surface area contributed by atoms with Crippen molar-refractivity contribution in [2.45, 2.75) is 6.54 Å². The largest absolute Gasteiger partial charge is 0.497 e. The summed E-state index contributed by atoms with van der Waals surface area (Å²) < 4.78 is 6.36. The van der Waals surface area contributed by atoms with E-state index >= 15 is 0 Å². The van der Waals surface area contributed by atoms with Gasteiger partial charge in [-0.2, -0.15) is 0 Å². The van der Waals surface area contributed by atoms with Gasteiger partial charge in [0.05, 0.1) is 18.5 Å². The number of nitrogens with one attached hydrogen (secondary N) is 1. The first-order chi connectivity index (χ1) is 8.69. The van der Waals surface area contributed by atoms with Gasteiger partial charge in [0.15, 0.2) is 0 Å². The third-order valence-corrected chi connectivity index (χ3v) is 2.23. The zero-order valence-corrected chi connectivity index (χ0v) is 9.70. The van der Waals surface area contributed by atoms with Crippen molar-refractivity contribution in [3.8, 4) is 5.75 Å². The molecule has 0 aliphatic carbocycles. The summed E-state index contributed by atoms with van der Waals surface area (Å²) in [5.41, 5.74) is 6.70. The Morgan fingerprint density at radius 1 is 1.56 bits per heavy atom. The summed E-state index contributed by atoms with van der Waals surface area (Å²) in [6.45, 7) is 0.0175. The van der Waals surface area contributed by atoms with E-state index in [-0.39, 0.29) is 12.5 Å². The minimum absolute atomic E-state index is 0.0175. The molecule has 0 aliphatic heterocycles. The second-order valence-corrected chi connectivity index (χ2v) is 3.51. The van der Waals surface area contributed by atoms with Crippen molar-refractivity contribution < 1.29 is 9.53 Å². The van der Waals surface area contributed by atoms with Gasteiger partial charge in [-0.15, -0.1) is 5.10 Å². The molecule has 0 radical (unpaired) electrons. The van der Waals surface area contributed by atoms with Crippen molar-refractivity contribution in [3.63, 3.8) is 0 Å². The van der Waals surface area contributed by atoms with Gasteiger partial charge in [0, 0.05) is 6.07 Å². The quantitative estimate of drug-likeness (QED) is 0.731. The Kier molecular flexibility index (Phi) is 3.37. The van der Waals surface area contributed by atoms with E-state index in [2.05, 4.69) is 20.8 Å². The lowest BCUT2D eigenvalue weighted by Gasteiger charge is -2.09. The highest BCUT2D eigenvalue weighted by Gasteiger charge is 2.08. The van der Waals surface area contributed by atoms with Crippen LogP contribution >= 0.6 is 0 Å². The van der Waals surface area contributed by atoms with Crippen LogP contribution in [0.4, 0.5) is 11.4 Å². The third-order valence-electron chi connectivity index (χ3n) is 2.23. The first-order valence-corrected chi connectivity index (χ1v) is 5.13. The molecule has 2 rings (SSSR count). The number of nitrogens with zero attached hydrogens (tertiary/aromatic N) is 4. The van der Waals surface area contributed by atoms with E-state index in [9.17, 15) is 4.79 Å². The van der Waals surface area contributed by atoms with Crippen LogP contribution in [0.3, 0.4) is 0 Å². The number of hydrogen-bond donors (Lipinski definition) is 2. The Labute approximate surface area is 103 Å². The van der Waals surface area contributed by atoms with E-state index in [0.717, 1.165) is 0 Å². The molecular weight excluding hydrogens is 236 g/mol. The highest BCUT2D eigenvalue weighted by Crippen LogP contribution is 2.24. The molecule has 1 amide bonds. The summed E-state index contributed by atoms with van der Waals surface area (Å²) in [4.78, 5) is 11.7. The summed E-state index contributed by atoms with van der Waals surface area (Å²) in [7, 11) is 1.54. The summed E-state index contributed by atoms with van der Waals surface area (Å²) in [6, 6.07) is 5.02. The second-order valence-electron chi connectivity index (χ2n) is 3.51. The number of hydrogen-bond acceptors (Lipinski definition) is 6. The molecule has 1 heterocycles. The van der Waals surface area contributed by atoms with E-state index in [4.69, 9.17) is 10.5 Å². The van der Waals surface area contributed by atoms with Crippen LogP contribution in [-0.4, -0.2) is 33.2 Å². The molecule has 8 nitrogen and oxygen atoms in total. The fourth-order valence-corrected chi connectivity index (χ4v) is 1.36. The van der Waals surface area contributed by atoms with Crippen molar-refractivity contribution in [1.29, 1.82) is 0 Å². The molecule has 0 atom stereocenters. The van der Waals surface area contributed by atoms with Crippen LogP contribution in [0.2, 0.25) is 0 Å². The van der Waals surface area contributed by atoms with Crippen molar-refractivity contribution in [2.24, 2.45) is 0 Å². The van der Waals surface area contributed by atoms with Crippen molar-refractivity contribution in [1.82, 2.24) is 20.2 Å². The summed E-state index contributed by atoms with van der Waals surface area (Å²) in [5.74, 6) is 0.337. The van der Waals surface area contributed by atoms with Crippen LogP contribution in [0.15, 0.2) is 24.5 Å². The van der Waals surface area contributed by atoms with Gasteiger partial charge in [0.25, 0.3) is 0 Å². The lowest BCUT2D eigenvalue weighted by atomic mass is 10.2. The normalized spacial score (nSPS) is 10.1. The average Bonchev–Trinajstić information content (AvgIpc) is 2.84. The SMILES string of the molecule is COc1ccc(N)c(NC(=O)Cn2cnnn2)c1. The number of amides is 1. The number of ether oxygens (including phenoxy) is 1. The predicted octanol–water partition coefficient (Wildman–Crippen LogP) is -0.0974. The number of carbonyl (C=O) groups is 1. The number of carbonyl (C=O) groups excluding carboxylic acids is 1. The lowest BCUT2D eigenvalue weighted by molar-refractivity contribution is -0.116. The minimum Gasteiger partial charge on any atom is -0.497 e. The number of rotatable bonds is 4. The molecule has 2 aromatic rings. The molecule has 0 bridgehead atoms. The number of methoxy groups -OCH3 is 1. The van der Waals surface area contributed by atoms with Crippen molar-refractivity contribution in [2.75, 3.05) is 18.2 Å². The second kappa shape index (κ2) is 5.13. The Bertz CT molecular complexity index is 539. The molecule has 0 saturated heterocycles. The summed E-state index contributed by atoms with van der Waals surface area (Å²) in [5, 5.41) is 13.1. The molecule has 3 N–H and O–H groups in total. The van der Waals surface area contributed by atoms with E-state index in [1.165, 1.54) is 18.1 Å². The monoisotopic (exact) mass is 248 g/mol. The van der Waals surface area contributed by atoms with Gasteiger partial charge in [0.1, 0.15) is 18.6 Å². The van der Waals surface area contributed by atoms with E-state index in [1.807, 2.05) is 0 Å². The Morgan fingerprint density at radius 3 is 3.06 bits per heavy atom. The fraction of sp³-hybridized carbons (Fsp3) is 0.200. The maximum absolute atomic E-state index is 11.7. The lowest BCUT2D eigenvalue weighted by Crippen LogP contribution is -2.19. The van der Waals surface area contributed by atoms with Crippen molar-refractivity contribution >= 4 is 17.3 Å². The maximum atomic E-state index is 11.7. The Balaban J connectivity index is 2.06. The summed E-state index contributed by atoms with van der Waals surface area (Å²) >= 11 is 0. The molecule has 18 heavy (non-hydrogen) atoms. The highest BCUT2D eigenvalue weighted by molar-refractivity contribution is 5.93. The van der Waals surface area contributed by atoms with Crippen LogP contribution in [0.5, 0.6) is 5.75 Å². The Hall–Kier alpha value is -2.64. The molecule has 0 fully saturated rings. The minimum atomic E-state index is -0.276. The zero-order chi connectivity index (χ0) is 13.0. The number of aromatic nitrogens is 4.